The van der Waals surface area contributed by atoms with Gasteiger partial charge in [-0.1, -0.05) is 11.6 Å². The number of amides is 1. The van der Waals surface area contributed by atoms with Crippen LogP contribution < -0.4 is 10.5 Å². The third kappa shape index (κ3) is 1.57. The average Bonchev–Trinajstić information content (AvgIpc) is 2.27. The predicted molar refractivity (Wildman–Crippen MR) is 61.8 cm³/mol. The van der Waals surface area contributed by atoms with Crippen molar-refractivity contribution in [1.29, 1.82) is 0 Å². The lowest BCUT2D eigenvalue weighted by atomic mass is 10.1. The highest BCUT2D eigenvalue weighted by molar-refractivity contribution is 6.35. The van der Waals surface area contributed by atoms with Crippen LogP contribution in [0.5, 0.6) is 5.75 Å². The number of rotatable bonds is 2. The Morgan fingerprint density at radius 2 is 2.19 bits per heavy atom. The van der Waals surface area contributed by atoms with Crippen LogP contribution in [0.15, 0.2) is 24.4 Å². The monoisotopic (exact) mass is 236 g/mol. The van der Waals surface area contributed by atoms with Crippen molar-refractivity contribution >= 4 is 28.4 Å². The number of aromatic nitrogens is 1. The van der Waals surface area contributed by atoms with Gasteiger partial charge in [-0.15, -0.1) is 0 Å². The Morgan fingerprint density at radius 3 is 2.81 bits per heavy atom. The third-order valence-electron chi connectivity index (χ3n) is 2.29. The fraction of sp³-hybridized carbons (Fsp3) is 0.0909. The van der Waals surface area contributed by atoms with Crippen LogP contribution in [0.25, 0.3) is 10.9 Å². The molecule has 0 saturated heterocycles. The summed E-state index contributed by atoms with van der Waals surface area (Å²) in [5.41, 5.74) is 6.01. The fourth-order valence-corrected chi connectivity index (χ4v) is 1.78. The Balaban J connectivity index is 2.90. The van der Waals surface area contributed by atoms with E-state index in [-0.39, 0.29) is 5.56 Å². The van der Waals surface area contributed by atoms with Gasteiger partial charge in [0.15, 0.2) is 0 Å². The second kappa shape index (κ2) is 3.98. The third-order valence-corrected chi connectivity index (χ3v) is 2.62. The molecule has 1 aromatic heterocycles. The molecular weight excluding hydrogens is 228 g/mol. The molecule has 2 aromatic rings. The Bertz CT molecular complexity index is 569. The van der Waals surface area contributed by atoms with Gasteiger partial charge in [-0.2, -0.15) is 0 Å². The van der Waals surface area contributed by atoms with E-state index in [1.807, 2.05) is 0 Å². The SMILES string of the molecule is COc1ccc2c(Cl)ccnc2c1C(N)=O. The first-order valence-electron chi connectivity index (χ1n) is 4.56. The number of methoxy groups -OCH3 is 1. The first-order valence-corrected chi connectivity index (χ1v) is 4.94. The summed E-state index contributed by atoms with van der Waals surface area (Å²) in [5.74, 6) is -0.188. The van der Waals surface area contributed by atoms with Gasteiger partial charge in [0.1, 0.15) is 11.3 Å². The van der Waals surface area contributed by atoms with Gasteiger partial charge in [0.05, 0.1) is 17.6 Å². The molecular formula is C11H9ClN2O2. The van der Waals surface area contributed by atoms with Crippen molar-refractivity contribution in [2.24, 2.45) is 5.73 Å². The molecule has 5 heteroatoms. The van der Waals surface area contributed by atoms with Crippen molar-refractivity contribution in [3.8, 4) is 5.75 Å². The van der Waals surface area contributed by atoms with Gasteiger partial charge in [0, 0.05) is 11.6 Å². The van der Waals surface area contributed by atoms with E-state index in [0.29, 0.717) is 21.7 Å². The lowest BCUT2D eigenvalue weighted by Crippen LogP contribution is -2.13. The van der Waals surface area contributed by atoms with Crippen molar-refractivity contribution in [1.82, 2.24) is 4.98 Å². The quantitative estimate of drug-likeness (QED) is 0.867. The van der Waals surface area contributed by atoms with Gasteiger partial charge >= 0.3 is 0 Å². The highest BCUT2D eigenvalue weighted by Gasteiger charge is 2.15. The van der Waals surface area contributed by atoms with Gasteiger partial charge in [0.25, 0.3) is 5.91 Å². The summed E-state index contributed by atoms with van der Waals surface area (Å²) < 4.78 is 5.07. The van der Waals surface area contributed by atoms with Crippen molar-refractivity contribution in [2.75, 3.05) is 7.11 Å². The zero-order valence-corrected chi connectivity index (χ0v) is 9.28. The molecule has 1 heterocycles. The molecule has 0 aliphatic rings. The summed E-state index contributed by atoms with van der Waals surface area (Å²) >= 11 is 6.00. The number of nitrogens with two attached hydrogens (primary N) is 1. The van der Waals surface area contributed by atoms with E-state index in [1.54, 1.807) is 18.2 Å². The number of pyridine rings is 1. The van der Waals surface area contributed by atoms with Gasteiger partial charge < -0.3 is 10.5 Å². The summed E-state index contributed by atoms with van der Waals surface area (Å²) in [6.07, 6.45) is 1.52. The Hall–Kier alpha value is -1.81. The molecule has 0 atom stereocenters. The van der Waals surface area contributed by atoms with E-state index < -0.39 is 5.91 Å². The predicted octanol–water partition coefficient (Wildman–Crippen LogP) is 2.00. The van der Waals surface area contributed by atoms with Crippen LogP contribution in [-0.2, 0) is 0 Å². The van der Waals surface area contributed by atoms with Crippen LogP contribution in [0, 0.1) is 0 Å². The Kier molecular flexibility index (Phi) is 2.66. The van der Waals surface area contributed by atoms with Crippen molar-refractivity contribution < 1.29 is 9.53 Å². The summed E-state index contributed by atoms with van der Waals surface area (Å²) in [6.45, 7) is 0. The standard InChI is InChI=1S/C11H9ClN2O2/c1-16-8-3-2-6-7(12)4-5-14-10(6)9(8)11(13)15/h2-5H,1H3,(H2,13,15). The average molecular weight is 237 g/mol. The first kappa shape index (κ1) is 10.7. The summed E-state index contributed by atoms with van der Waals surface area (Å²) in [4.78, 5) is 15.5. The molecule has 82 valence electrons. The number of primary amides is 1. The minimum atomic E-state index is -0.586. The number of hydrogen-bond donors (Lipinski definition) is 1. The molecule has 1 amide bonds. The number of ether oxygens (including phenoxy) is 1. The van der Waals surface area contributed by atoms with E-state index >= 15 is 0 Å². The number of fused-ring (bicyclic) bond motifs is 1. The maximum Gasteiger partial charge on any atom is 0.254 e. The molecule has 4 nitrogen and oxygen atoms in total. The number of nitrogens with zero attached hydrogens (tertiary/aromatic N) is 1. The second-order valence-electron chi connectivity index (χ2n) is 3.20. The van der Waals surface area contributed by atoms with Crippen LogP contribution >= 0.6 is 11.6 Å². The molecule has 2 rings (SSSR count). The van der Waals surface area contributed by atoms with Crippen molar-refractivity contribution in [3.05, 3.63) is 35.0 Å². The largest absolute Gasteiger partial charge is 0.496 e. The van der Waals surface area contributed by atoms with E-state index in [4.69, 9.17) is 22.1 Å². The van der Waals surface area contributed by atoms with Crippen LogP contribution in [-0.4, -0.2) is 18.0 Å². The topological polar surface area (TPSA) is 65.2 Å². The Labute approximate surface area is 97.0 Å². The number of benzene rings is 1. The maximum absolute atomic E-state index is 11.4. The molecule has 16 heavy (non-hydrogen) atoms. The van der Waals surface area contributed by atoms with Crippen LogP contribution in [0.1, 0.15) is 10.4 Å². The zero-order chi connectivity index (χ0) is 11.7. The zero-order valence-electron chi connectivity index (χ0n) is 8.53. The number of carbonyl (C=O) groups is 1. The molecule has 0 fully saturated rings. The molecule has 0 radical (unpaired) electrons. The maximum atomic E-state index is 11.4. The Morgan fingerprint density at radius 1 is 1.44 bits per heavy atom. The van der Waals surface area contributed by atoms with Crippen LogP contribution in [0.4, 0.5) is 0 Å². The van der Waals surface area contributed by atoms with E-state index in [1.165, 1.54) is 13.3 Å². The minimum absolute atomic E-state index is 0.252. The molecule has 0 aliphatic heterocycles. The molecule has 1 aromatic carbocycles. The first-order chi connectivity index (χ1) is 7.65. The molecule has 0 unspecified atom stereocenters. The number of carbonyl (C=O) groups excluding carboxylic acids is 1. The molecule has 0 spiro atoms. The minimum Gasteiger partial charge on any atom is -0.496 e. The summed E-state index contributed by atoms with van der Waals surface area (Å²) in [6, 6.07) is 5.05. The molecule has 0 aliphatic carbocycles. The number of halogens is 1. The van der Waals surface area contributed by atoms with Gasteiger partial charge in [0.2, 0.25) is 0 Å². The van der Waals surface area contributed by atoms with Crippen LogP contribution in [0.3, 0.4) is 0 Å². The fourth-order valence-electron chi connectivity index (χ4n) is 1.57. The summed E-state index contributed by atoms with van der Waals surface area (Å²) in [7, 11) is 1.47. The lowest BCUT2D eigenvalue weighted by molar-refractivity contribution is 0.0999. The number of hydrogen-bond acceptors (Lipinski definition) is 3. The highest BCUT2D eigenvalue weighted by atomic mass is 35.5. The van der Waals surface area contributed by atoms with Crippen molar-refractivity contribution in [3.63, 3.8) is 0 Å². The van der Waals surface area contributed by atoms with Gasteiger partial charge in [-0.05, 0) is 18.2 Å². The van der Waals surface area contributed by atoms with Crippen molar-refractivity contribution in [2.45, 2.75) is 0 Å². The normalized spacial score (nSPS) is 10.4. The molecule has 0 bridgehead atoms. The lowest BCUT2D eigenvalue weighted by Gasteiger charge is -2.08. The van der Waals surface area contributed by atoms with Gasteiger partial charge in [-0.3, -0.25) is 9.78 Å². The van der Waals surface area contributed by atoms with E-state index in [9.17, 15) is 4.79 Å². The van der Waals surface area contributed by atoms with E-state index in [2.05, 4.69) is 4.98 Å². The molecule has 0 saturated carbocycles. The van der Waals surface area contributed by atoms with Gasteiger partial charge in [-0.25, -0.2) is 0 Å². The molecule has 2 N–H and O–H groups in total. The summed E-state index contributed by atoms with van der Waals surface area (Å²) in [5, 5.41) is 1.20. The smallest absolute Gasteiger partial charge is 0.254 e. The second-order valence-corrected chi connectivity index (χ2v) is 3.60. The highest BCUT2D eigenvalue weighted by Crippen LogP contribution is 2.29. The van der Waals surface area contributed by atoms with Crippen LogP contribution in [0.2, 0.25) is 5.02 Å². The van der Waals surface area contributed by atoms with E-state index in [0.717, 1.165) is 0 Å².